The van der Waals surface area contributed by atoms with Crippen LogP contribution in [0.4, 0.5) is 23.7 Å². The Morgan fingerprint density at radius 3 is 2.36 bits per heavy atom. The van der Waals surface area contributed by atoms with E-state index in [1.54, 1.807) is 17.0 Å². The number of halogens is 4. The third kappa shape index (κ3) is 11.3. The van der Waals surface area contributed by atoms with Crippen molar-refractivity contribution in [1.29, 1.82) is 0 Å². The average Bonchev–Trinajstić information content (AvgIpc) is 3.06. The van der Waals surface area contributed by atoms with Crippen molar-refractivity contribution in [3.05, 3.63) is 94.0 Å². The quantitative estimate of drug-likeness (QED) is 0.184. The summed E-state index contributed by atoms with van der Waals surface area (Å²) in [7, 11) is -2.13. The number of rotatable bonds is 12. The number of morpholine rings is 1. The molecule has 290 valence electrons. The third-order valence-electron chi connectivity index (χ3n) is 10.2. The maximum absolute atomic E-state index is 15.6. The van der Waals surface area contributed by atoms with Gasteiger partial charge in [0.2, 0.25) is 5.91 Å². The van der Waals surface area contributed by atoms with Crippen molar-refractivity contribution in [2.45, 2.75) is 110 Å². The fourth-order valence-corrected chi connectivity index (χ4v) is 7.21. The van der Waals surface area contributed by atoms with Gasteiger partial charge in [0.15, 0.2) is 8.32 Å². The van der Waals surface area contributed by atoms with Gasteiger partial charge in [0.25, 0.3) is 0 Å². The highest BCUT2D eigenvalue weighted by molar-refractivity contribution is 6.74. The van der Waals surface area contributed by atoms with Gasteiger partial charge in [-0.2, -0.15) is 0 Å². The van der Waals surface area contributed by atoms with Crippen molar-refractivity contribution in [3.8, 4) is 0 Å². The van der Waals surface area contributed by atoms with E-state index in [0.717, 1.165) is 6.20 Å². The molecular formula is C40H53ClF3N3O5Si. The molecule has 0 spiro atoms. The van der Waals surface area contributed by atoms with Crippen LogP contribution in [-0.2, 0) is 25.1 Å². The highest BCUT2D eigenvalue weighted by Crippen LogP contribution is 2.37. The molecule has 1 aliphatic rings. The second-order valence-electron chi connectivity index (χ2n) is 16.3. The molecule has 0 bridgehead atoms. The van der Waals surface area contributed by atoms with Gasteiger partial charge in [-0.3, -0.25) is 14.7 Å². The van der Waals surface area contributed by atoms with Gasteiger partial charge in [0, 0.05) is 17.9 Å². The fourth-order valence-electron chi connectivity index (χ4n) is 6.05. The van der Waals surface area contributed by atoms with Crippen LogP contribution in [0.2, 0.25) is 23.2 Å². The van der Waals surface area contributed by atoms with Crippen LogP contribution in [0.25, 0.3) is 0 Å². The van der Waals surface area contributed by atoms with Gasteiger partial charge in [-0.05, 0) is 86.6 Å². The monoisotopic (exact) mass is 775 g/mol. The number of nitrogens with one attached hydrogen (secondary N) is 1. The molecular weight excluding hydrogens is 723 g/mol. The highest BCUT2D eigenvalue weighted by Gasteiger charge is 2.42. The Kier molecular flexibility index (Phi) is 13.8. The standard InChI is InChI=1S/C40H53ClF3N3O5Si/c1-10-25(36-22-47(38(49)52-39(2,3)4)29(23-50-36)24-51-53(8,9)40(5,6)7)17-31-34(44)20-45-21-35(31)46-37(48)19-30(26-12-11-13-28(42)16-26)27-14-15-32(41)33(43)18-27/h11-16,18,20-21,25,29-30,36H,10,17,19,22-24H2,1-9H3,(H,46,48)/t25?,29-,30?,36-/m0/s1. The van der Waals surface area contributed by atoms with E-state index >= 15 is 4.39 Å². The maximum atomic E-state index is 15.6. The van der Waals surface area contributed by atoms with E-state index in [1.807, 2.05) is 27.7 Å². The molecule has 0 saturated carbocycles. The Hall–Kier alpha value is -3.45. The van der Waals surface area contributed by atoms with Crippen LogP contribution in [-0.4, -0.2) is 67.7 Å². The van der Waals surface area contributed by atoms with Gasteiger partial charge in [0.1, 0.15) is 23.1 Å². The van der Waals surface area contributed by atoms with Gasteiger partial charge < -0.3 is 19.2 Å². The van der Waals surface area contributed by atoms with Crippen LogP contribution >= 0.6 is 11.6 Å². The summed E-state index contributed by atoms with van der Waals surface area (Å²) in [5.41, 5.74) is 0.573. The Bertz CT molecular complexity index is 1750. The highest BCUT2D eigenvalue weighted by atomic mass is 35.5. The maximum Gasteiger partial charge on any atom is 0.410 e. The van der Waals surface area contributed by atoms with Crippen LogP contribution in [0.1, 0.15) is 83.9 Å². The molecule has 53 heavy (non-hydrogen) atoms. The molecule has 1 N–H and O–H groups in total. The first-order valence-electron chi connectivity index (χ1n) is 18.1. The normalized spacial score (nSPS) is 18.0. The number of ether oxygens (including phenoxy) is 2. The molecule has 0 radical (unpaired) electrons. The topological polar surface area (TPSA) is 90.0 Å². The van der Waals surface area contributed by atoms with Gasteiger partial charge >= 0.3 is 6.09 Å². The van der Waals surface area contributed by atoms with Gasteiger partial charge in [-0.1, -0.05) is 63.9 Å². The Morgan fingerprint density at radius 1 is 1.04 bits per heavy atom. The van der Waals surface area contributed by atoms with E-state index in [0.29, 0.717) is 24.2 Å². The van der Waals surface area contributed by atoms with Crippen molar-refractivity contribution in [3.63, 3.8) is 0 Å². The van der Waals surface area contributed by atoms with Gasteiger partial charge in [-0.25, -0.2) is 18.0 Å². The number of aromatic nitrogens is 1. The minimum atomic E-state index is -2.13. The van der Waals surface area contributed by atoms with Crippen molar-refractivity contribution < 1.29 is 36.7 Å². The number of carbonyl (C=O) groups excluding carboxylic acids is 2. The molecule has 1 aromatic heterocycles. The predicted octanol–water partition coefficient (Wildman–Crippen LogP) is 9.91. The van der Waals surface area contributed by atoms with Gasteiger partial charge in [0.05, 0.1) is 55.0 Å². The summed E-state index contributed by atoms with van der Waals surface area (Å²) in [6.45, 7) is 18.9. The number of hydrogen-bond acceptors (Lipinski definition) is 6. The number of carbonyl (C=O) groups is 2. The molecule has 0 aliphatic carbocycles. The molecule has 8 nitrogen and oxygen atoms in total. The third-order valence-corrected chi connectivity index (χ3v) is 15.0. The Morgan fingerprint density at radius 2 is 1.74 bits per heavy atom. The molecule has 1 fully saturated rings. The second-order valence-corrected chi connectivity index (χ2v) is 21.5. The lowest BCUT2D eigenvalue weighted by molar-refractivity contribution is -0.116. The van der Waals surface area contributed by atoms with Crippen LogP contribution < -0.4 is 5.32 Å². The number of pyridine rings is 1. The van der Waals surface area contributed by atoms with Crippen molar-refractivity contribution >= 4 is 37.6 Å². The second kappa shape index (κ2) is 17.3. The molecule has 2 aromatic carbocycles. The lowest BCUT2D eigenvalue weighted by Gasteiger charge is -2.44. The molecule has 2 amide bonds. The average molecular weight is 776 g/mol. The minimum Gasteiger partial charge on any atom is -0.444 e. The SMILES string of the molecule is CCC(Cc1c(F)cncc1NC(=O)CC(c1cccc(F)c1)c1ccc(Cl)c(F)c1)[C@@H]1CN(C(=O)OC(C)(C)C)[C@H](CO[Si](C)(C)C(C)(C)C)CO1. The van der Waals surface area contributed by atoms with E-state index < -0.39 is 55.4 Å². The van der Waals surface area contributed by atoms with Crippen molar-refractivity contribution in [2.24, 2.45) is 5.92 Å². The molecule has 1 aliphatic heterocycles. The molecule has 3 aromatic rings. The summed E-state index contributed by atoms with van der Waals surface area (Å²) < 4.78 is 63.1. The molecule has 13 heteroatoms. The first-order chi connectivity index (χ1) is 24.7. The fraction of sp³-hybridized carbons (Fsp3) is 0.525. The smallest absolute Gasteiger partial charge is 0.410 e. The summed E-state index contributed by atoms with van der Waals surface area (Å²) in [5.74, 6) is -3.28. The summed E-state index contributed by atoms with van der Waals surface area (Å²) in [5, 5.41) is 2.70. The lowest BCUT2D eigenvalue weighted by atomic mass is 9.87. The van der Waals surface area contributed by atoms with Crippen LogP contribution in [0.15, 0.2) is 54.9 Å². The number of benzene rings is 2. The summed E-state index contributed by atoms with van der Waals surface area (Å²) >= 11 is 5.92. The Balaban J connectivity index is 1.55. The Labute approximate surface area is 317 Å². The summed E-state index contributed by atoms with van der Waals surface area (Å²) in [6.07, 6.45) is 2.08. The molecule has 4 rings (SSSR count). The van der Waals surface area contributed by atoms with E-state index in [9.17, 15) is 18.4 Å². The van der Waals surface area contributed by atoms with E-state index in [1.165, 1.54) is 36.5 Å². The lowest BCUT2D eigenvalue weighted by Crippen LogP contribution is -2.58. The first-order valence-corrected chi connectivity index (χ1v) is 21.4. The number of amides is 2. The van der Waals surface area contributed by atoms with Crippen molar-refractivity contribution in [2.75, 3.05) is 25.1 Å². The zero-order chi connectivity index (χ0) is 39.3. The van der Waals surface area contributed by atoms with Crippen LogP contribution in [0, 0.1) is 23.4 Å². The minimum absolute atomic E-state index is 0.0228. The van der Waals surface area contributed by atoms with Crippen LogP contribution in [0.5, 0.6) is 0 Å². The molecule has 2 heterocycles. The summed E-state index contributed by atoms with van der Waals surface area (Å²) in [4.78, 5) is 32.9. The number of nitrogens with zero attached hydrogens (tertiary/aromatic N) is 2. The van der Waals surface area contributed by atoms with E-state index in [2.05, 4.69) is 44.2 Å². The predicted molar refractivity (Wildman–Crippen MR) is 204 cm³/mol. The van der Waals surface area contributed by atoms with E-state index in [-0.39, 0.29) is 59.3 Å². The largest absolute Gasteiger partial charge is 0.444 e. The molecule has 2 unspecified atom stereocenters. The molecule has 4 atom stereocenters. The van der Waals surface area contributed by atoms with Crippen LogP contribution in [0.3, 0.4) is 0 Å². The number of hydrogen-bond donors (Lipinski definition) is 1. The zero-order valence-electron chi connectivity index (χ0n) is 32.2. The first kappa shape index (κ1) is 42.3. The molecule has 1 saturated heterocycles. The summed E-state index contributed by atoms with van der Waals surface area (Å²) in [6, 6.07) is 9.57. The van der Waals surface area contributed by atoms with E-state index in [4.69, 9.17) is 25.5 Å². The van der Waals surface area contributed by atoms with Crippen molar-refractivity contribution in [1.82, 2.24) is 9.88 Å². The zero-order valence-corrected chi connectivity index (χ0v) is 34.0. The van der Waals surface area contributed by atoms with Gasteiger partial charge in [-0.15, -0.1) is 0 Å². The number of anilines is 1.